The first-order valence-electron chi connectivity index (χ1n) is 5.59. The van der Waals surface area contributed by atoms with E-state index in [2.05, 4.69) is 5.32 Å². The SMILES string of the molecule is O=C(CNCC(F)(F)F)NC1CCCC1C(=O)O. The normalized spacial score (nSPS) is 23.9. The van der Waals surface area contributed by atoms with Crippen LogP contribution in [0, 0.1) is 5.92 Å². The highest BCUT2D eigenvalue weighted by atomic mass is 19.4. The van der Waals surface area contributed by atoms with Gasteiger partial charge in [0.2, 0.25) is 5.91 Å². The maximum atomic E-state index is 11.8. The lowest BCUT2D eigenvalue weighted by atomic mass is 10.0. The van der Waals surface area contributed by atoms with Gasteiger partial charge >= 0.3 is 12.1 Å². The number of hydrogen-bond acceptors (Lipinski definition) is 3. The molecule has 1 aliphatic carbocycles. The fraction of sp³-hybridized carbons (Fsp3) is 0.800. The Morgan fingerprint density at radius 2 is 1.94 bits per heavy atom. The highest BCUT2D eigenvalue weighted by Gasteiger charge is 2.34. The number of aliphatic carboxylic acids is 1. The molecule has 0 bridgehead atoms. The van der Waals surface area contributed by atoms with Gasteiger partial charge in [-0.2, -0.15) is 13.2 Å². The average Bonchev–Trinajstić information content (AvgIpc) is 2.63. The van der Waals surface area contributed by atoms with E-state index in [9.17, 15) is 22.8 Å². The number of carbonyl (C=O) groups is 2. The molecule has 0 saturated heterocycles. The van der Waals surface area contributed by atoms with Crippen LogP contribution in [0.15, 0.2) is 0 Å². The Bertz CT molecular complexity index is 320. The lowest BCUT2D eigenvalue weighted by molar-refractivity contribution is -0.142. The highest BCUT2D eigenvalue weighted by molar-refractivity contribution is 5.80. The predicted molar refractivity (Wildman–Crippen MR) is 55.8 cm³/mol. The first kappa shape index (κ1) is 14.7. The molecule has 104 valence electrons. The fourth-order valence-electron chi connectivity index (χ4n) is 2.00. The summed E-state index contributed by atoms with van der Waals surface area (Å²) in [6, 6.07) is -0.484. The number of rotatable bonds is 5. The molecule has 2 unspecified atom stereocenters. The van der Waals surface area contributed by atoms with Crippen molar-refractivity contribution in [2.24, 2.45) is 5.92 Å². The molecule has 8 heteroatoms. The van der Waals surface area contributed by atoms with Gasteiger partial charge in [0.05, 0.1) is 19.0 Å². The van der Waals surface area contributed by atoms with E-state index in [1.807, 2.05) is 5.32 Å². The molecule has 0 aromatic carbocycles. The Morgan fingerprint density at radius 3 is 2.50 bits per heavy atom. The molecular weight excluding hydrogens is 253 g/mol. The van der Waals surface area contributed by atoms with E-state index in [0.717, 1.165) is 0 Å². The molecule has 0 radical (unpaired) electrons. The van der Waals surface area contributed by atoms with E-state index in [0.29, 0.717) is 19.3 Å². The Labute approximate surface area is 102 Å². The number of nitrogens with one attached hydrogen (secondary N) is 2. The Hall–Kier alpha value is -1.31. The van der Waals surface area contributed by atoms with E-state index in [1.54, 1.807) is 0 Å². The molecule has 0 heterocycles. The van der Waals surface area contributed by atoms with Crippen molar-refractivity contribution in [2.75, 3.05) is 13.1 Å². The van der Waals surface area contributed by atoms with E-state index < -0.39 is 43.1 Å². The van der Waals surface area contributed by atoms with Crippen LogP contribution in [0.5, 0.6) is 0 Å². The van der Waals surface area contributed by atoms with Crippen LogP contribution in [0.2, 0.25) is 0 Å². The molecule has 0 aliphatic heterocycles. The average molecular weight is 268 g/mol. The zero-order chi connectivity index (χ0) is 13.8. The summed E-state index contributed by atoms with van der Waals surface area (Å²) in [6.07, 6.45) is -2.65. The van der Waals surface area contributed by atoms with Crippen molar-refractivity contribution in [3.63, 3.8) is 0 Å². The summed E-state index contributed by atoms with van der Waals surface area (Å²) >= 11 is 0. The summed E-state index contributed by atoms with van der Waals surface area (Å²) in [5.74, 6) is -2.24. The van der Waals surface area contributed by atoms with Gasteiger partial charge in [0, 0.05) is 6.04 Å². The third kappa shape index (κ3) is 4.91. The van der Waals surface area contributed by atoms with Crippen LogP contribution in [-0.2, 0) is 9.59 Å². The Kier molecular flexibility index (Phi) is 4.94. The van der Waals surface area contributed by atoms with Crippen molar-refractivity contribution in [2.45, 2.75) is 31.5 Å². The van der Waals surface area contributed by atoms with Crippen molar-refractivity contribution in [1.82, 2.24) is 10.6 Å². The smallest absolute Gasteiger partial charge is 0.401 e. The Balaban J connectivity index is 2.29. The van der Waals surface area contributed by atoms with Gasteiger partial charge < -0.3 is 15.7 Å². The second-order valence-electron chi connectivity index (χ2n) is 4.27. The van der Waals surface area contributed by atoms with E-state index in [-0.39, 0.29) is 0 Å². The molecule has 0 aromatic heterocycles. The largest absolute Gasteiger partial charge is 0.481 e. The molecular formula is C10H15F3N2O3. The zero-order valence-corrected chi connectivity index (χ0v) is 9.59. The summed E-state index contributed by atoms with van der Waals surface area (Å²) < 4.78 is 35.4. The maximum absolute atomic E-state index is 11.8. The predicted octanol–water partition coefficient (Wildman–Crippen LogP) is 0.508. The van der Waals surface area contributed by atoms with Gasteiger partial charge in [0.15, 0.2) is 0 Å². The molecule has 0 aromatic rings. The number of carbonyl (C=O) groups excluding carboxylic acids is 1. The van der Waals surface area contributed by atoms with Crippen LogP contribution in [0.4, 0.5) is 13.2 Å². The van der Waals surface area contributed by atoms with Crippen molar-refractivity contribution in [3.05, 3.63) is 0 Å². The summed E-state index contributed by atoms with van der Waals surface area (Å²) in [5, 5.41) is 13.3. The van der Waals surface area contributed by atoms with Gasteiger partial charge in [-0.25, -0.2) is 0 Å². The van der Waals surface area contributed by atoms with Crippen molar-refractivity contribution in [1.29, 1.82) is 0 Å². The maximum Gasteiger partial charge on any atom is 0.401 e. The number of carboxylic acids is 1. The lowest BCUT2D eigenvalue weighted by Crippen LogP contribution is -2.45. The van der Waals surface area contributed by atoms with Crippen LogP contribution in [0.25, 0.3) is 0 Å². The van der Waals surface area contributed by atoms with Gasteiger partial charge in [0.25, 0.3) is 0 Å². The van der Waals surface area contributed by atoms with Crippen molar-refractivity contribution in [3.8, 4) is 0 Å². The molecule has 2 atom stereocenters. The Morgan fingerprint density at radius 1 is 1.28 bits per heavy atom. The summed E-state index contributed by atoms with van der Waals surface area (Å²) in [7, 11) is 0. The van der Waals surface area contributed by atoms with Gasteiger partial charge in [-0.05, 0) is 12.8 Å². The molecule has 5 nitrogen and oxygen atoms in total. The van der Waals surface area contributed by atoms with Crippen LogP contribution in [-0.4, -0.2) is 42.3 Å². The molecule has 1 saturated carbocycles. The minimum atomic E-state index is -4.36. The molecule has 3 N–H and O–H groups in total. The summed E-state index contributed by atoms with van der Waals surface area (Å²) in [6.45, 7) is -1.71. The zero-order valence-electron chi connectivity index (χ0n) is 9.59. The number of alkyl halides is 3. The first-order valence-corrected chi connectivity index (χ1v) is 5.59. The van der Waals surface area contributed by atoms with Crippen LogP contribution in [0.3, 0.4) is 0 Å². The summed E-state index contributed by atoms with van der Waals surface area (Å²) in [5.41, 5.74) is 0. The minimum Gasteiger partial charge on any atom is -0.481 e. The quantitative estimate of drug-likeness (QED) is 0.679. The number of carboxylic acid groups (broad SMARTS) is 1. The van der Waals surface area contributed by atoms with E-state index >= 15 is 0 Å². The standard InChI is InChI=1S/C10H15F3N2O3/c11-10(12,13)5-14-4-8(16)15-7-3-1-2-6(7)9(17)18/h6-7,14H,1-5H2,(H,15,16)(H,17,18). The van der Waals surface area contributed by atoms with Gasteiger partial charge in [-0.15, -0.1) is 0 Å². The molecule has 1 rings (SSSR count). The van der Waals surface area contributed by atoms with E-state index in [4.69, 9.17) is 5.11 Å². The molecule has 1 aliphatic rings. The number of hydrogen-bond donors (Lipinski definition) is 3. The number of amides is 1. The highest BCUT2D eigenvalue weighted by Crippen LogP contribution is 2.25. The van der Waals surface area contributed by atoms with Crippen molar-refractivity contribution < 1.29 is 27.9 Å². The third-order valence-corrected chi connectivity index (χ3v) is 2.79. The lowest BCUT2D eigenvalue weighted by Gasteiger charge is -2.17. The van der Waals surface area contributed by atoms with Crippen LogP contribution >= 0.6 is 0 Å². The van der Waals surface area contributed by atoms with Crippen LogP contribution < -0.4 is 10.6 Å². The second kappa shape index (κ2) is 6.03. The molecule has 0 spiro atoms. The monoisotopic (exact) mass is 268 g/mol. The topological polar surface area (TPSA) is 78.4 Å². The summed E-state index contributed by atoms with van der Waals surface area (Å²) in [4.78, 5) is 22.1. The van der Waals surface area contributed by atoms with Crippen LogP contribution in [0.1, 0.15) is 19.3 Å². The fourth-order valence-corrected chi connectivity index (χ4v) is 2.00. The van der Waals surface area contributed by atoms with Gasteiger partial charge in [-0.1, -0.05) is 6.42 Å². The second-order valence-corrected chi connectivity index (χ2v) is 4.27. The third-order valence-electron chi connectivity index (χ3n) is 2.79. The molecule has 1 amide bonds. The van der Waals surface area contributed by atoms with Gasteiger partial charge in [-0.3, -0.25) is 9.59 Å². The van der Waals surface area contributed by atoms with E-state index in [1.165, 1.54) is 0 Å². The van der Waals surface area contributed by atoms with Crippen molar-refractivity contribution >= 4 is 11.9 Å². The molecule has 1 fully saturated rings. The minimum absolute atomic E-state index is 0.470. The van der Waals surface area contributed by atoms with Gasteiger partial charge in [0.1, 0.15) is 0 Å². The first-order chi connectivity index (χ1) is 8.29. The number of halogens is 3. The molecule has 18 heavy (non-hydrogen) atoms.